The van der Waals surface area contributed by atoms with Crippen molar-refractivity contribution in [1.82, 2.24) is 4.98 Å². The fraction of sp³-hybridized carbons (Fsp3) is 0.0357. The van der Waals surface area contributed by atoms with E-state index in [1.807, 2.05) is 54.6 Å². The van der Waals surface area contributed by atoms with E-state index in [9.17, 15) is 4.79 Å². The number of rotatable bonds is 3. The van der Waals surface area contributed by atoms with Gasteiger partial charge in [0.05, 0.1) is 5.56 Å². The summed E-state index contributed by atoms with van der Waals surface area (Å²) in [6.45, 7) is 2.07. The fourth-order valence-electron chi connectivity index (χ4n) is 4.00. The van der Waals surface area contributed by atoms with Crippen LogP contribution in [0.2, 0.25) is 0 Å². The lowest BCUT2D eigenvalue weighted by molar-refractivity contribution is 1.24. The Labute approximate surface area is 175 Å². The highest BCUT2D eigenvalue weighted by Gasteiger charge is 2.16. The van der Waals surface area contributed by atoms with Crippen LogP contribution >= 0.6 is 0 Å². The van der Waals surface area contributed by atoms with Crippen molar-refractivity contribution in [3.8, 4) is 33.5 Å². The maximum Gasteiger partial charge on any atom is 0.256 e. The van der Waals surface area contributed by atoms with Crippen molar-refractivity contribution < 1.29 is 0 Å². The smallest absolute Gasteiger partial charge is 0.256 e. The van der Waals surface area contributed by atoms with Gasteiger partial charge in [-0.1, -0.05) is 103 Å². The van der Waals surface area contributed by atoms with Gasteiger partial charge < -0.3 is 4.98 Å². The van der Waals surface area contributed by atoms with Crippen molar-refractivity contribution in [2.75, 3.05) is 0 Å². The zero-order chi connectivity index (χ0) is 20.5. The summed E-state index contributed by atoms with van der Waals surface area (Å²) in [5.41, 5.74) is 6.55. The number of aryl methyl sites for hydroxylation is 1. The Morgan fingerprint density at radius 1 is 0.633 bits per heavy atom. The molecule has 0 atom stereocenters. The van der Waals surface area contributed by atoms with E-state index in [2.05, 4.69) is 60.4 Å². The maximum absolute atomic E-state index is 13.5. The van der Waals surface area contributed by atoms with Gasteiger partial charge in [-0.05, 0) is 46.0 Å². The Balaban J connectivity index is 1.84. The van der Waals surface area contributed by atoms with Crippen molar-refractivity contribution >= 4 is 10.8 Å². The number of pyridine rings is 1. The lowest BCUT2D eigenvalue weighted by atomic mass is 9.91. The Morgan fingerprint density at radius 2 is 1.33 bits per heavy atom. The van der Waals surface area contributed by atoms with Gasteiger partial charge in [-0.3, -0.25) is 4.79 Å². The lowest BCUT2D eigenvalue weighted by Gasteiger charge is -2.14. The summed E-state index contributed by atoms with van der Waals surface area (Å²) in [6.07, 6.45) is 0. The first kappa shape index (κ1) is 18.1. The number of hydrogen-bond donors (Lipinski definition) is 1. The molecule has 1 N–H and O–H groups in total. The van der Waals surface area contributed by atoms with Crippen LogP contribution in [0, 0.1) is 6.92 Å². The second-order valence-corrected chi connectivity index (χ2v) is 7.56. The first-order chi connectivity index (χ1) is 14.7. The topological polar surface area (TPSA) is 32.9 Å². The zero-order valence-corrected chi connectivity index (χ0v) is 16.7. The van der Waals surface area contributed by atoms with Crippen LogP contribution in [0.4, 0.5) is 0 Å². The number of aromatic nitrogens is 1. The van der Waals surface area contributed by atoms with Crippen LogP contribution in [0.1, 0.15) is 5.56 Å². The first-order valence-corrected chi connectivity index (χ1v) is 10.1. The summed E-state index contributed by atoms with van der Waals surface area (Å²) in [5, 5.41) is 2.20. The van der Waals surface area contributed by atoms with Gasteiger partial charge in [0.25, 0.3) is 5.56 Å². The number of aromatic amines is 1. The quantitative estimate of drug-likeness (QED) is 0.361. The molecule has 1 aromatic heterocycles. The molecule has 0 saturated carbocycles. The fourth-order valence-corrected chi connectivity index (χ4v) is 4.00. The largest absolute Gasteiger partial charge is 0.321 e. The van der Waals surface area contributed by atoms with E-state index in [0.717, 1.165) is 38.7 Å². The van der Waals surface area contributed by atoms with Crippen molar-refractivity contribution in [3.05, 3.63) is 119 Å². The molecule has 30 heavy (non-hydrogen) atoms. The average molecular weight is 387 g/mol. The monoisotopic (exact) mass is 387 g/mol. The molecule has 0 saturated heterocycles. The molecule has 0 spiro atoms. The van der Waals surface area contributed by atoms with Crippen LogP contribution in [0.25, 0.3) is 44.3 Å². The predicted molar refractivity (Wildman–Crippen MR) is 126 cm³/mol. The highest BCUT2D eigenvalue weighted by atomic mass is 16.1. The molecule has 0 unspecified atom stereocenters. The van der Waals surface area contributed by atoms with Crippen LogP contribution in [-0.2, 0) is 0 Å². The molecule has 0 aliphatic carbocycles. The summed E-state index contributed by atoms with van der Waals surface area (Å²) in [7, 11) is 0. The van der Waals surface area contributed by atoms with Gasteiger partial charge >= 0.3 is 0 Å². The van der Waals surface area contributed by atoms with Crippen LogP contribution in [-0.4, -0.2) is 4.98 Å². The molecule has 2 heteroatoms. The molecule has 1 heterocycles. The Morgan fingerprint density at radius 3 is 2.13 bits per heavy atom. The Kier molecular flexibility index (Phi) is 4.53. The van der Waals surface area contributed by atoms with Gasteiger partial charge in [-0.2, -0.15) is 0 Å². The molecule has 5 rings (SSSR count). The highest BCUT2D eigenvalue weighted by molar-refractivity contribution is 6.00. The first-order valence-electron chi connectivity index (χ1n) is 10.1. The molecule has 0 aliphatic rings. The molecule has 144 valence electrons. The van der Waals surface area contributed by atoms with E-state index in [-0.39, 0.29) is 5.56 Å². The molecule has 0 fully saturated rings. The van der Waals surface area contributed by atoms with E-state index in [0.29, 0.717) is 5.56 Å². The summed E-state index contributed by atoms with van der Waals surface area (Å²) in [4.78, 5) is 16.6. The predicted octanol–water partition coefficient (Wildman–Crippen LogP) is 6.84. The molecule has 5 aromatic rings. The lowest BCUT2D eigenvalue weighted by Crippen LogP contribution is -2.12. The summed E-state index contributed by atoms with van der Waals surface area (Å²) in [5.74, 6) is 0. The van der Waals surface area contributed by atoms with E-state index in [1.165, 1.54) is 5.56 Å². The third kappa shape index (κ3) is 3.23. The molecular weight excluding hydrogens is 366 g/mol. The molecule has 0 amide bonds. The minimum absolute atomic E-state index is 0.0803. The Hall–Kier alpha value is -3.91. The molecule has 2 nitrogen and oxygen atoms in total. The third-order valence-electron chi connectivity index (χ3n) is 5.54. The summed E-state index contributed by atoms with van der Waals surface area (Å²) < 4.78 is 0. The van der Waals surface area contributed by atoms with Gasteiger partial charge in [0.15, 0.2) is 0 Å². The standard InChI is InChI=1S/C28H21NO/c1-19-14-16-21(17-15-19)25-18-26(22-9-3-2-4-10-22)29-28(30)27(25)24-13-7-11-20-8-5-6-12-23(20)24/h2-18H,1H3,(H,29,30). The second kappa shape index (κ2) is 7.49. The van der Waals surface area contributed by atoms with Crippen molar-refractivity contribution in [3.63, 3.8) is 0 Å². The third-order valence-corrected chi connectivity index (χ3v) is 5.54. The molecular formula is C28H21NO. The van der Waals surface area contributed by atoms with Crippen molar-refractivity contribution in [2.45, 2.75) is 6.92 Å². The van der Waals surface area contributed by atoms with Gasteiger partial charge in [-0.15, -0.1) is 0 Å². The van der Waals surface area contributed by atoms with E-state index < -0.39 is 0 Å². The average Bonchev–Trinajstić information content (AvgIpc) is 2.79. The van der Waals surface area contributed by atoms with Crippen LogP contribution in [0.3, 0.4) is 0 Å². The van der Waals surface area contributed by atoms with E-state index in [1.54, 1.807) is 0 Å². The molecule has 0 radical (unpaired) electrons. The maximum atomic E-state index is 13.5. The van der Waals surface area contributed by atoms with E-state index in [4.69, 9.17) is 0 Å². The second-order valence-electron chi connectivity index (χ2n) is 7.56. The number of H-pyrrole nitrogens is 1. The van der Waals surface area contributed by atoms with E-state index >= 15 is 0 Å². The zero-order valence-electron chi connectivity index (χ0n) is 16.7. The number of benzene rings is 4. The molecule has 0 aliphatic heterocycles. The van der Waals surface area contributed by atoms with Crippen LogP contribution in [0.5, 0.6) is 0 Å². The summed E-state index contributed by atoms with van der Waals surface area (Å²) in [6, 6.07) is 34.8. The van der Waals surface area contributed by atoms with Gasteiger partial charge in [0.2, 0.25) is 0 Å². The minimum Gasteiger partial charge on any atom is -0.321 e. The number of fused-ring (bicyclic) bond motifs is 1. The minimum atomic E-state index is -0.0803. The molecule has 4 aromatic carbocycles. The van der Waals surface area contributed by atoms with Gasteiger partial charge in [-0.25, -0.2) is 0 Å². The van der Waals surface area contributed by atoms with Crippen LogP contribution in [0.15, 0.2) is 108 Å². The number of nitrogens with one attached hydrogen (secondary N) is 1. The normalized spacial score (nSPS) is 11.0. The highest BCUT2D eigenvalue weighted by Crippen LogP contribution is 2.35. The number of hydrogen-bond acceptors (Lipinski definition) is 1. The van der Waals surface area contributed by atoms with Gasteiger partial charge in [0.1, 0.15) is 0 Å². The SMILES string of the molecule is Cc1ccc(-c2cc(-c3ccccc3)[nH]c(=O)c2-c2cccc3ccccc23)cc1. The molecule has 0 bridgehead atoms. The summed E-state index contributed by atoms with van der Waals surface area (Å²) >= 11 is 0. The van der Waals surface area contributed by atoms with Crippen molar-refractivity contribution in [2.24, 2.45) is 0 Å². The van der Waals surface area contributed by atoms with Gasteiger partial charge in [0, 0.05) is 5.69 Å². The van der Waals surface area contributed by atoms with Crippen molar-refractivity contribution in [1.29, 1.82) is 0 Å². The Bertz CT molecular complexity index is 1390. The van der Waals surface area contributed by atoms with Crippen LogP contribution < -0.4 is 5.56 Å².